The molecule has 0 radical (unpaired) electrons. The van der Waals surface area contributed by atoms with E-state index in [0.717, 1.165) is 29.3 Å². The van der Waals surface area contributed by atoms with Crippen LogP contribution in [0.15, 0.2) is 35.7 Å². The summed E-state index contributed by atoms with van der Waals surface area (Å²) in [4.78, 5) is 1.35. The van der Waals surface area contributed by atoms with Crippen molar-refractivity contribution in [1.29, 1.82) is 0 Å². The maximum atomic E-state index is 6.07. The van der Waals surface area contributed by atoms with Crippen LogP contribution in [0.3, 0.4) is 0 Å². The van der Waals surface area contributed by atoms with Gasteiger partial charge in [0, 0.05) is 34.5 Å². The number of rotatable bonds is 7. The first-order valence-corrected chi connectivity index (χ1v) is 8.08. The lowest BCUT2D eigenvalue weighted by Crippen LogP contribution is -2.22. The first-order valence-electron chi connectivity index (χ1n) is 6.82. The van der Waals surface area contributed by atoms with E-state index < -0.39 is 0 Å². The summed E-state index contributed by atoms with van der Waals surface area (Å²) in [6.07, 6.45) is 0.942. The van der Waals surface area contributed by atoms with E-state index in [-0.39, 0.29) is 0 Å². The highest BCUT2D eigenvalue weighted by Gasteiger charge is 2.06. The summed E-state index contributed by atoms with van der Waals surface area (Å²) in [5, 5.41) is 6.24. The molecule has 4 heteroatoms. The summed E-state index contributed by atoms with van der Waals surface area (Å²) in [5.74, 6) is 0.916. The van der Waals surface area contributed by atoms with Crippen LogP contribution in [0.2, 0.25) is 5.02 Å². The molecule has 2 rings (SSSR count). The van der Waals surface area contributed by atoms with Crippen LogP contribution in [-0.4, -0.2) is 12.6 Å². The van der Waals surface area contributed by atoms with E-state index in [0.29, 0.717) is 12.6 Å². The second-order valence-corrected chi connectivity index (χ2v) is 6.43. The quantitative estimate of drug-likeness (QED) is 0.812. The van der Waals surface area contributed by atoms with Crippen LogP contribution in [0, 0.1) is 0 Å². The van der Waals surface area contributed by atoms with Crippen LogP contribution in [0.25, 0.3) is 0 Å². The zero-order valence-corrected chi connectivity index (χ0v) is 13.4. The third kappa shape index (κ3) is 4.82. The van der Waals surface area contributed by atoms with E-state index in [1.54, 1.807) is 11.3 Å². The first-order chi connectivity index (χ1) is 9.65. The second-order valence-electron chi connectivity index (χ2n) is 4.97. The Morgan fingerprint density at radius 2 is 2.15 bits per heavy atom. The Morgan fingerprint density at radius 3 is 2.85 bits per heavy atom. The normalized spacial score (nSPS) is 11.0. The lowest BCUT2D eigenvalue weighted by Gasteiger charge is -2.14. The maximum absolute atomic E-state index is 6.07. The Hall–Kier alpha value is -1.03. The van der Waals surface area contributed by atoms with E-state index in [9.17, 15) is 0 Å². The fourth-order valence-electron chi connectivity index (χ4n) is 1.86. The lowest BCUT2D eigenvalue weighted by atomic mass is 10.2. The summed E-state index contributed by atoms with van der Waals surface area (Å²) in [6.45, 7) is 5.72. The molecule has 2 aromatic rings. The van der Waals surface area contributed by atoms with Gasteiger partial charge in [-0.3, -0.25) is 0 Å². The third-order valence-electron chi connectivity index (χ3n) is 2.91. The van der Waals surface area contributed by atoms with Crippen LogP contribution < -0.4 is 10.1 Å². The fourth-order valence-corrected chi connectivity index (χ4v) is 2.74. The van der Waals surface area contributed by atoms with Crippen LogP contribution in [0.5, 0.6) is 5.75 Å². The SMILES string of the molecule is CC(C)NCc1cc(Cl)ccc1OCCc1cccs1. The van der Waals surface area contributed by atoms with Gasteiger partial charge in [-0.2, -0.15) is 0 Å². The first kappa shape index (κ1) is 15.4. The molecule has 1 heterocycles. The van der Waals surface area contributed by atoms with E-state index >= 15 is 0 Å². The van der Waals surface area contributed by atoms with Gasteiger partial charge >= 0.3 is 0 Å². The van der Waals surface area contributed by atoms with Crippen molar-refractivity contribution < 1.29 is 4.74 Å². The molecule has 1 aromatic heterocycles. The van der Waals surface area contributed by atoms with Gasteiger partial charge in [0.1, 0.15) is 5.75 Å². The van der Waals surface area contributed by atoms with Crippen molar-refractivity contribution in [3.63, 3.8) is 0 Å². The Bertz CT molecular complexity index is 525. The minimum atomic E-state index is 0.438. The molecule has 108 valence electrons. The van der Waals surface area contributed by atoms with Gasteiger partial charge in [-0.25, -0.2) is 0 Å². The Morgan fingerprint density at radius 1 is 1.30 bits per heavy atom. The van der Waals surface area contributed by atoms with Crippen molar-refractivity contribution in [2.75, 3.05) is 6.61 Å². The Kier molecular flexibility index (Phi) is 5.89. The molecule has 0 saturated carbocycles. The van der Waals surface area contributed by atoms with E-state index in [1.165, 1.54) is 4.88 Å². The lowest BCUT2D eigenvalue weighted by molar-refractivity contribution is 0.318. The molecule has 0 aliphatic heterocycles. The Balaban J connectivity index is 1.95. The number of halogens is 1. The smallest absolute Gasteiger partial charge is 0.123 e. The van der Waals surface area contributed by atoms with Crippen molar-refractivity contribution in [2.45, 2.75) is 32.9 Å². The number of hydrogen-bond acceptors (Lipinski definition) is 3. The predicted molar refractivity (Wildman–Crippen MR) is 86.9 cm³/mol. The fraction of sp³-hybridized carbons (Fsp3) is 0.375. The molecule has 2 nitrogen and oxygen atoms in total. The zero-order chi connectivity index (χ0) is 14.4. The van der Waals surface area contributed by atoms with Crippen molar-refractivity contribution in [3.8, 4) is 5.75 Å². The molecule has 0 aliphatic rings. The van der Waals surface area contributed by atoms with Gasteiger partial charge < -0.3 is 10.1 Å². The molecule has 0 amide bonds. The molecule has 0 atom stereocenters. The molecule has 0 fully saturated rings. The highest BCUT2D eigenvalue weighted by Crippen LogP contribution is 2.23. The van der Waals surface area contributed by atoms with Gasteiger partial charge in [-0.05, 0) is 29.6 Å². The molecule has 0 saturated heterocycles. The number of hydrogen-bond donors (Lipinski definition) is 1. The van der Waals surface area contributed by atoms with Crippen molar-refractivity contribution >= 4 is 22.9 Å². The van der Waals surface area contributed by atoms with Crippen molar-refractivity contribution in [1.82, 2.24) is 5.32 Å². The molecular formula is C16H20ClNOS. The Labute approximate surface area is 129 Å². The minimum Gasteiger partial charge on any atom is -0.493 e. The molecule has 0 bridgehead atoms. The van der Waals surface area contributed by atoms with Gasteiger partial charge in [0.2, 0.25) is 0 Å². The topological polar surface area (TPSA) is 21.3 Å². The number of benzene rings is 1. The molecule has 1 aromatic carbocycles. The standard InChI is InChI=1S/C16H20ClNOS/c1-12(2)18-11-13-10-14(17)5-6-16(13)19-8-7-15-4-3-9-20-15/h3-6,9-10,12,18H,7-8,11H2,1-2H3. The van der Waals surface area contributed by atoms with Crippen LogP contribution in [0.1, 0.15) is 24.3 Å². The summed E-state index contributed by atoms with van der Waals surface area (Å²) in [6, 6.07) is 10.4. The van der Waals surface area contributed by atoms with Crippen LogP contribution in [0.4, 0.5) is 0 Å². The largest absolute Gasteiger partial charge is 0.493 e. The molecule has 0 unspecified atom stereocenters. The van der Waals surface area contributed by atoms with Crippen molar-refractivity contribution in [3.05, 3.63) is 51.2 Å². The summed E-state index contributed by atoms with van der Waals surface area (Å²) < 4.78 is 5.91. The predicted octanol–water partition coefficient (Wildman–Crippen LogP) is 4.52. The minimum absolute atomic E-state index is 0.438. The van der Waals surface area contributed by atoms with E-state index in [2.05, 4.69) is 36.7 Å². The monoisotopic (exact) mass is 309 g/mol. The third-order valence-corrected chi connectivity index (χ3v) is 4.08. The number of thiophene rings is 1. The van der Waals surface area contributed by atoms with Crippen LogP contribution >= 0.6 is 22.9 Å². The second kappa shape index (κ2) is 7.67. The van der Waals surface area contributed by atoms with E-state index in [1.807, 2.05) is 18.2 Å². The van der Waals surface area contributed by atoms with Gasteiger partial charge in [0.25, 0.3) is 0 Å². The average molecular weight is 310 g/mol. The highest BCUT2D eigenvalue weighted by atomic mass is 35.5. The summed E-state index contributed by atoms with van der Waals surface area (Å²) >= 11 is 7.83. The molecule has 0 aliphatic carbocycles. The maximum Gasteiger partial charge on any atom is 0.123 e. The molecule has 0 spiro atoms. The van der Waals surface area contributed by atoms with E-state index in [4.69, 9.17) is 16.3 Å². The van der Waals surface area contributed by atoms with Crippen LogP contribution in [-0.2, 0) is 13.0 Å². The van der Waals surface area contributed by atoms with Crippen molar-refractivity contribution in [2.24, 2.45) is 0 Å². The van der Waals surface area contributed by atoms with Gasteiger partial charge in [0.15, 0.2) is 0 Å². The summed E-state index contributed by atoms with van der Waals surface area (Å²) in [5.41, 5.74) is 1.11. The highest BCUT2D eigenvalue weighted by molar-refractivity contribution is 7.09. The van der Waals surface area contributed by atoms with Gasteiger partial charge in [0.05, 0.1) is 6.61 Å². The summed E-state index contributed by atoms with van der Waals surface area (Å²) in [7, 11) is 0. The molecular weight excluding hydrogens is 290 g/mol. The van der Waals surface area contributed by atoms with Gasteiger partial charge in [-0.1, -0.05) is 31.5 Å². The molecule has 1 N–H and O–H groups in total. The molecule has 20 heavy (non-hydrogen) atoms. The number of nitrogens with one attached hydrogen (secondary N) is 1. The average Bonchev–Trinajstić information content (AvgIpc) is 2.91. The zero-order valence-electron chi connectivity index (χ0n) is 11.9. The van der Waals surface area contributed by atoms with Gasteiger partial charge in [-0.15, -0.1) is 11.3 Å². The number of ether oxygens (including phenoxy) is 1.